The Balaban J connectivity index is 1.57. The van der Waals surface area contributed by atoms with Crippen LogP contribution in [0.4, 0.5) is 4.39 Å². The van der Waals surface area contributed by atoms with Gasteiger partial charge < -0.3 is 19.8 Å². The molecule has 2 rings (SSSR count). The highest BCUT2D eigenvalue weighted by atomic mass is 35.5. The first-order valence-electron chi connectivity index (χ1n) is 8.17. The number of guanidine groups is 1. The molecule has 1 aromatic carbocycles. The smallest absolute Gasteiger partial charge is 0.190 e. The van der Waals surface area contributed by atoms with Gasteiger partial charge in [0.2, 0.25) is 0 Å². The van der Waals surface area contributed by atoms with E-state index in [0.29, 0.717) is 37.2 Å². The molecule has 0 unspecified atom stereocenters. The van der Waals surface area contributed by atoms with Gasteiger partial charge in [0.15, 0.2) is 5.96 Å². The summed E-state index contributed by atoms with van der Waals surface area (Å²) in [7, 11) is 1.72. The topological polar surface area (TPSA) is 58.8 Å². The van der Waals surface area contributed by atoms with E-state index >= 15 is 0 Å². The first-order valence-corrected chi connectivity index (χ1v) is 8.55. The predicted octanol–water partition coefficient (Wildman–Crippen LogP) is 3.39. The summed E-state index contributed by atoms with van der Waals surface area (Å²) in [6, 6.07) is 8.17. The number of nitrogens with zero attached hydrogens (tertiary/aromatic N) is 1. The molecule has 1 heterocycles. The van der Waals surface area contributed by atoms with Crippen LogP contribution in [0.1, 0.15) is 17.7 Å². The molecule has 0 spiro atoms. The Morgan fingerprint density at radius 1 is 1.28 bits per heavy atom. The van der Waals surface area contributed by atoms with Gasteiger partial charge >= 0.3 is 0 Å². The third kappa shape index (κ3) is 7.15. The minimum Gasteiger partial charge on any atom is -0.467 e. The van der Waals surface area contributed by atoms with Crippen LogP contribution in [0.25, 0.3) is 0 Å². The SMILES string of the molecule is CN=C(NCCCOCc1ccco1)NCCc1ccc(F)cc1Cl. The minimum absolute atomic E-state index is 0.326. The largest absolute Gasteiger partial charge is 0.467 e. The molecule has 0 fully saturated rings. The molecular formula is C18H23ClFN3O2. The summed E-state index contributed by atoms with van der Waals surface area (Å²) in [6.07, 6.45) is 3.17. The first-order chi connectivity index (χ1) is 12.2. The van der Waals surface area contributed by atoms with Gasteiger partial charge in [-0.1, -0.05) is 17.7 Å². The summed E-state index contributed by atoms with van der Waals surface area (Å²) >= 11 is 6.01. The van der Waals surface area contributed by atoms with Gasteiger partial charge in [0, 0.05) is 31.8 Å². The normalized spacial score (nSPS) is 11.6. The molecule has 0 aliphatic rings. The molecule has 25 heavy (non-hydrogen) atoms. The predicted molar refractivity (Wildman–Crippen MR) is 97.5 cm³/mol. The van der Waals surface area contributed by atoms with Crippen molar-refractivity contribution in [3.05, 3.63) is 58.8 Å². The van der Waals surface area contributed by atoms with Gasteiger partial charge in [-0.05, 0) is 42.7 Å². The van der Waals surface area contributed by atoms with E-state index in [9.17, 15) is 4.39 Å². The molecule has 0 atom stereocenters. The van der Waals surface area contributed by atoms with Crippen molar-refractivity contribution in [3.63, 3.8) is 0 Å². The number of hydrogen-bond acceptors (Lipinski definition) is 3. The van der Waals surface area contributed by atoms with E-state index in [0.717, 1.165) is 24.3 Å². The van der Waals surface area contributed by atoms with Crippen molar-refractivity contribution in [1.82, 2.24) is 10.6 Å². The van der Waals surface area contributed by atoms with Crippen molar-refractivity contribution in [2.45, 2.75) is 19.4 Å². The third-order valence-electron chi connectivity index (χ3n) is 3.51. The Morgan fingerprint density at radius 3 is 2.84 bits per heavy atom. The summed E-state index contributed by atoms with van der Waals surface area (Å²) < 4.78 is 23.7. The van der Waals surface area contributed by atoms with Crippen molar-refractivity contribution < 1.29 is 13.5 Å². The van der Waals surface area contributed by atoms with Crippen LogP contribution in [0.5, 0.6) is 0 Å². The van der Waals surface area contributed by atoms with Crippen molar-refractivity contribution in [2.24, 2.45) is 4.99 Å². The Morgan fingerprint density at radius 2 is 2.12 bits per heavy atom. The van der Waals surface area contributed by atoms with Gasteiger partial charge in [-0.25, -0.2) is 4.39 Å². The van der Waals surface area contributed by atoms with Crippen LogP contribution in [0, 0.1) is 5.82 Å². The number of nitrogens with one attached hydrogen (secondary N) is 2. The Bertz CT molecular complexity index is 662. The second-order valence-electron chi connectivity index (χ2n) is 5.40. The van der Waals surface area contributed by atoms with E-state index in [4.69, 9.17) is 20.8 Å². The highest BCUT2D eigenvalue weighted by Gasteiger charge is 2.03. The first kappa shape index (κ1) is 19.3. The van der Waals surface area contributed by atoms with E-state index in [-0.39, 0.29) is 5.82 Å². The van der Waals surface area contributed by atoms with E-state index < -0.39 is 0 Å². The lowest BCUT2D eigenvalue weighted by Gasteiger charge is -2.12. The van der Waals surface area contributed by atoms with Crippen LogP contribution < -0.4 is 10.6 Å². The Kier molecular flexibility index (Phi) is 8.28. The molecule has 2 aromatic rings. The molecule has 0 saturated heterocycles. The minimum atomic E-state index is -0.326. The molecule has 0 bridgehead atoms. The average molecular weight is 368 g/mol. The van der Waals surface area contributed by atoms with Gasteiger partial charge in [-0.3, -0.25) is 4.99 Å². The summed E-state index contributed by atoms with van der Waals surface area (Å²) in [6.45, 7) is 2.52. The zero-order chi connectivity index (χ0) is 17.9. The van der Waals surface area contributed by atoms with Gasteiger partial charge in [-0.2, -0.15) is 0 Å². The lowest BCUT2D eigenvalue weighted by molar-refractivity contribution is 0.105. The van der Waals surface area contributed by atoms with Crippen LogP contribution in [0.15, 0.2) is 46.0 Å². The van der Waals surface area contributed by atoms with Crippen LogP contribution >= 0.6 is 11.6 Å². The second-order valence-corrected chi connectivity index (χ2v) is 5.80. The monoisotopic (exact) mass is 367 g/mol. The molecule has 2 N–H and O–H groups in total. The molecule has 0 radical (unpaired) electrons. The maximum atomic E-state index is 13.0. The summed E-state index contributed by atoms with van der Waals surface area (Å²) in [5, 5.41) is 6.86. The van der Waals surface area contributed by atoms with Crippen LogP contribution in [0.2, 0.25) is 5.02 Å². The Labute approximate surface area is 152 Å². The van der Waals surface area contributed by atoms with E-state index in [1.165, 1.54) is 12.1 Å². The fourth-order valence-corrected chi connectivity index (χ4v) is 2.47. The lowest BCUT2D eigenvalue weighted by Crippen LogP contribution is -2.39. The number of hydrogen-bond donors (Lipinski definition) is 2. The second kappa shape index (κ2) is 10.7. The highest BCUT2D eigenvalue weighted by Crippen LogP contribution is 2.17. The molecule has 7 heteroatoms. The quantitative estimate of drug-likeness (QED) is 0.405. The van der Waals surface area contributed by atoms with Gasteiger partial charge in [-0.15, -0.1) is 0 Å². The number of furan rings is 1. The van der Waals surface area contributed by atoms with Gasteiger partial charge in [0.05, 0.1) is 6.26 Å². The number of halogens is 2. The zero-order valence-electron chi connectivity index (χ0n) is 14.2. The van der Waals surface area contributed by atoms with Gasteiger partial charge in [0.1, 0.15) is 18.2 Å². The van der Waals surface area contributed by atoms with Crippen LogP contribution in [0.3, 0.4) is 0 Å². The molecule has 5 nitrogen and oxygen atoms in total. The number of ether oxygens (including phenoxy) is 1. The fraction of sp³-hybridized carbons (Fsp3) is 0.389. The lowest BCUT2D eigenvalue weighted by atomic mass is 10.1. The molecule has 1 aromatic heterocycles. The third-order valence-corrected chi connectivity index (χ3v) is 3.86. The van der Waals surface area contributed by atoms with Crippen molar-refractivity contribution in [1.29, 1.82) is 0 Å². The summed E-state index contributed by atoms with van der Waals surface area (Å²) in [5.74, 6) is 1.21. The number of rotatable bonds is 9. The maximum absolute atomic E-state index is 13.0. The molecule has 0 aliphatic carbocycles. The molecule has 0 aliphatic heterocycles. The van der Waals surface area contributed by atoms with E-state index in [2.05, 4.69) is 15.6 Å². The van der Waals surface area contributed by atoms with Crippen LogP contribution in [-0.2, 0) is 17.8 Å². The molecule has 136 valence electrons. The van der Waals surface area contributed by atoms with Gasteiger partial charge in [0.25, 0.3) is 0 Å². The number of aliphatic imine (C=N–C) groups is 1. The Hall–Kier alpha value is -2.05. The molecule has 0 saturated carbocycles. The van der Waals surface area contributed by atoms with Crippen LogP contribution in [-0.4, -0.2) is 32.7 Å². The fourth-order valence-electron chi connectivity index (χ4n) is 2.21. The van der Waals surface area contributed by atoms with Crippen molar-refractivity contribution in [2.75, 3.05) is 26.7 Å². The molecule has 0 amide bonds. The summed E-state index contributed by atoms with van der Waals surface area (Å²) in [4.78, 5) is 4.16. The highest BCUT2D eigenvalue weighted by molar-refractivity contribution is 6.31. The average Bonchev–Trinajstić information content (AvgIpc) is 3.11. The zero-order valence-corrected chi connectivity index (χ0v) is 15.0. The maximum Gasteiger partial charge on any atom is 0.190 e. The van der Waals surface area contributed by atoms with Crippen molar-refractivity contribution >= 4 is 17.6 Å². The molecular weight excluding hydrogens is 345 g/mol. The number of benzene rings is 1. The van der Waals surface area contributed by atoms with E-state index in [1.54, 1.807) is 19.4 Å². The summed E-state index contributed by atoms with van der Waals surface area (Å²) in [5.41, 5.74) is 0.900. The van der Waals surface area contributed by atoms with E-state index in [1.807, 2.05) is 12.1 Å². The van der Waals surface area contributed by atoms with Crippen molar-refractivity contribution in [3.8, 4) is 0 Å². The standard InChI is InChI=1S/C18H23ClFN3O2/c1-21-18(22-8-3-10-24-13-16-4-2-11-25-16)23-9-7-14-5-6-15(20)12-17(14)19/h2,4-6,11-12H,3,7-10,13H2,1H3,(H2,21,22,23).